The first-order chi connectivity index (χ1) is 14.5. The van der Waals surface area contributed by atoms with Crippen molar-refractivity contribution < 1.29 is 24.1 Å². The summed E-state index contributed by atoms with van der Waals surface area (Å²) in [6.45, 7) is 4.23. The first kappa shape index (κ1) is 20.5. The van der Waals surface area contributed by atoms with Gasteiger partial charge in [0.2, 0.25) is 0 Å². The number of hydrogen-bond donors (Lipinski definition) is 1. The summed E-state index contributed by atoms with van der Waals surface area (Å²) in [7, 11) is 1.60. The summed E-state index contributed by atoms with van der Waals surface area (Å²) in [5.41, 5.74) is 1.97. The highest BCUT2D eigenvalue weighted by Gasteiger charge is 2.27. The molecule has 2 aromatic rings. The number of fused-ring (bicyclic) bond motifs is 3. The Morgan fingerprint density at radius 2 is 2.00 bits per heavy atom. The molecule has 0 spiro atoms. The average Bonchev–Trinajstić information content (AvgIpc) is 2.76. The minimum atomic E-state index is -1.20. The summed E-state index contributed by atoms with van der Waals surface area (Å²) in [6.07, 6.45) is 5.01. The van der Waals surface area contributed by atoms with Crippen molar-refractivity contribution in [2.24, 2.45) is 5.92 Å². The lowest BCUT2D eigenvalue weighted by molar-refractivity contribution is 0.0493. The highest BCUT2D eigenvalue weighted by Crippen LogP contribution is 2.42. The lowest BCUT2D eigenvalue weighted by Crippen LogP contribution is -2.25. The molecule has 3 heterocycles. The van der Waals surface area contributed by atoms with Crippen LogP contribution in [0.3, 0.4) is 0 Å². The maximum absolute atomic E-state index is 12.4. The minimum Gasteiger partial charge on any atom is -0.493 e. The smallest absolute Gasteiger partial charge is 0.341 e. The Hall–Kier alpha value is -2.80. The summed E-state index contributed by atoms with van der Waals surface area (Å²) in [5.74, 6) is 0.578. The molecule has 2 aliphatic rings. The van der Waals surface area contributed by atoms with Crippen molar-refractivity contribution in [2.45, 2.75) is 38.6 Å². The number of methoxy groups -OCH3 is 1. The molecule has 0 aliphatic carbocycles. The minimum absolute atomic E-state index is 0.0722. The number of nitrogens with zero attached hydrogens (tertiary/aromatic N) is 1. The van der Waals surface area contributed by atoms with Crippen LogP contribution in [0.15, 0.2) is 29.2 Å². The largest absolute Gasteiger partial charge is 0.493 e. The van der Waals surface area contributed by atoms with Gasteiger partial charge in [-0.2, -0.15) is 0 Å². The SMILES string of the molecule is CCC1Cc2cc(OCC3CCOCC3)c(OC)cc2-c2cc(=O)c(C(=O)O)cn21. The normalized spacial score (nSPS) is 18.4. The van der Waals surface area contributed by atoms with Gasteiger partial charge in [-0.15, -0.1) is 0 Å². The molecule has 0 saturated carbocycles. The summed E-state index contributed by atoms with van der Waals surface area (Å²) < 4.78 is 19.0. The molecular formula is C23H27NO6. The van der Waals surface area contributed by atoms with E-state index < -0.39 is 11.4 Å². The molecule has 0 bridgehead atoms. The van der Waals surface area contributed by atoms with Crippen molar-refractivity contribution in [1.82, 2.24) is 4.57 Å². The lowest BCUT2D eigenvalue weighted by Gasteiger charge is -2.31. The summed E-state index contributed by atoms with van der Waals surface area (Å²) in [5, 5.41) is 9.35. The van der Waals surface area contributed by atoms with E-state index in [0.717, 1.165) is 50.0 Å². The van der Waals surface area contributed by atoms with Crippen LogP contribution in [0.25, 0.3) is 11.3 Å². The van der Waals surface area contributed by atoms with Crippen LogP contribution in [0.4, 0.5) is 0 Å². The van der Waals surface area contributed by atoms with E-state index in [4.69, 9.17) is 14.2 Å². The lowest BCUT2D eigenvalue weighted by atomic mass is 9.90. The molecule has 7 heteroatoms. The molecule has 1 fully saturated rings. The number of aromatic nitrogens is 1. The molecule has 4 rings (SSSR count). The van der Waals surface area contributed by atoms with Gasteiger partial charge >= 0.3 is 5.97 Å². The quantitative estimate of drug-likeness (QED) is 0.780. The number of carboxylic acid groups (broad SMARTS) is 1. The second kappa shape index (κ2) is 8.52. The maximum Gasteiger partial charge on any atom is 0.341 e. The molecule has 1 N–H and O–H groups in total. The molecule has 2 aliphatic heterocycles. The Bertz CT molecular complexity index is 1010. The number of pyridine rings is 1. The Kier molecular flexibility index (Phi) is 5.81. The van der Waals surface area contributed by atoms with Crippen LogP contribution in [0.1, 0.15) is 48.1 Å². The van der Waals surface area contributed by atoms with E-state index in [1.807, 2.05) is 16.7 Å². The van der Waals surface area contributed by atoms with E-state index in [9.17, 15) is 14.7 Å². The number of hydrogen-bond acceptors (Lipinski definition) is 5. The third-order valence-electron chi connectivity index (χ3n) is 6.11. The van der Waals surface area contributed by atoms with E-state index in [-0.39, 0.29) is 11.6 Å². The fourth-order valence-corrected chi connectivity index (χ4v) is 4.32. The first-order valence-electron chi connectivity index (χ1n) is 10.4. The van der Waals surface area contributed by atoms with Crippen LogP contribution in [0, 0.1) is 5.92 Å². The van der Waals surface area contributed by atoms with E-state index in [1.165, 1.54) is 12.3 Å². The molecule has 1 atom stereocenters. The number of rotatable bonds is 6. The predicted octanol–water partition coefficient (Wildman–Crippen LogP) is 3.53. The van der Waals surface area contributed by atoms with Crippen molar-refractivity contribution >= 4 is 5.97 Å². The zero-order valence-corrected chi connectivity index (χ0v) is 17.3. The third kappa shape index (κ3) is 3.81. The molecule has 160 valence electrons. The molecule has 30 heavy (non-hydrogen) atoms. The maximum atomic E-state index is 12.4. The van der Waals surface area contributed by atoms with Gasteiger partial charge in [0.05, 0.1) is 19.4 Å². The van der Waals surface area contributed by atoms with Gasteiger partial charge in [0.1, 0.15) is 5.56 Å². The van der Waals surface area contributed by atoms with Gasteiger partial charge in [0, 0.05) is 37.1 Å². The molecular weight excluding hydrogens is 386 g/mol. The number of aromatic carboxylic acids is 1. The molecule has 1 saturated heterocycles. The van der Waals surface area contributed by atoms with Crippen molar-refractivity contribution in [1.29, 1.82) is 0 Å². The van der Waals surface area contributed by atoms with Gasteiger partial charge in [-0.3, -0.25) is 4.79 Å². The fraction of sp³-hybridized carbons (Fsp3) is 0.478. The van der Waals surface area contributed by atoms with Gasteiger partial charge in [0.15, 0.2) is 16.9 Å². The van der Waals surface area contributed by atoms with Gasteiger partial charge < -0.3 is 23.9 Å². The standard InChI is InChI=1S/C23H27NO6/c1-3-16-8-15-9-22(30-13-14-4-6-29-7-5-14)21(28-2)10-17(15)19-11-20(25)18(23(26)27)12-24(16)19/h9-12,14,16H,3-8,13H2,1-2H3,(H,26,27). The van der Waals surface area contributed by atoms with Crippen molar-refractivity contribution in [2.75, 3.05) is 26.9 Å². The molecule has 0 amide bonds. The van der Waals surface area contributed by atoms with Gasteiger partial charge in [-0.25, -0.2) is 4.79 Å². The zero-order chi connectivity index (χ0) is 21.3. The number of benzene rings is 1. The molecule has 7 nitrogen and oxygen atoms in total. The summed E-state index contributed by atoms with van der Waals surface area (Å²) in [4.78, 5) is 23.8. The molecule has 1 aromatic carbocycles. The van der Waals surface area contributed by atoms with Crippen LogP contribution in [0.5, 0.6) is 11.5 Å². The topological polar surface area (TPSA) is 87.0 Å². The Morgan fingerprint density at radius 1 is 1.23 bits per heavy atom. The van der Waals surface area contributed by atoms with Crippen LogP contribution in [-0.2, 0) is 11.2 Å². The van der Waals surface area contributed by atoms with E-state index >= 15 is 0 Å². The van der Waals surface area contributed by atoms with Crippen molar-refractivity contribution in [3.05, 3.63) is 45.7 Å². The van der Waals surface area contributed by atoms with Crippen LogP contribution >= 0.6 is 0 Å². The van der Waals surface area contributed by atoms with Crippen molar-refractivity contribution in [3.63, 3.8) is 0 Å². The van der Waals surface area contributed by atoms with Crippen LogP contribution in [-0.4, -0.2) is 42.6 Å². The van der Waals surface area contributed by atoms with Gasteiger partial charge in [-0.1, -0.05) is 6.92 Å². The molecule has 0 radical (unpaired) electrons. The molecule has 1 unspecified atom stereocenters. The van der Waals surface area contributed by atoms with Gasteiger partial charge in [0.25, 0.3) is 0 Å². The second-order valence-corrected chi connectivity index (χ2v) is 7.94. The van der Waals surface area contributed by atoms with Crippen LogP contribution < -0.4 is 14.9 Å². The van der Waals surface area contributed by atoms with E-state index in [0.29, 0.717) is 29.7 Å². The average molecular weight is 413 g/mol. The van der Waals surface area contributed by atoms with Gasteiger partial charge in [-0.05, 0) is 49.3 Å². The molecule has 1 aromatic heterocycles. The van der Waals surface area contributed by atoms with Crippen LogP contribution in [0.2, 0.25) is 0 Å². The Morgan fingerprint density at radius 3 is 2.67 bits per heavy atom. The number of carbonyl (C=O) groups is 1. The highest BCUT2D eigenvalue weighted by atomic mass is 16.5. The number of ether oxygens (including phenoxy) is 3. The monoisotopic (exact) mass is 413 g/mol. The predicted molar refractivity (Wildman–Crippen MR) is 112 cm³/mol. The number of carboxylic acids is 1. The summed E-state index contributed by atoms with van der Waals surface area (Å²) in [6, 6.07) is 5.40. The Labute approximate surface area is 175 Å². The fourth-order valence-electron chi connectivity index (χ4n) is 4.32. The second-order valence-electron chi connectivity index (χ2n) is 7.94. The highest BCUT2D eigenvalue weighted by molar-refractivity contribution is 5.87. The first-order valence-corrected chi connectivity index (χ1v) is 10.4. The van der Waals surface area contributed by atoms with E-state index in [1.54, 1.807) is 7.11 Å². The Balaban J connectivity index is 1.72. The summed E-state index contributed by atoms with van der Waals surface area (Å²) >= 11 is 0. The zero-order valence-electron chi connectivity index (χ0n) is 17.3. The van der Waals surface area contributed by atoms with Crippen molar-refractivity contribution in [3.8, 4) is 22.8 Å². The van der Waals surface area contributed by atoms with E-state index in [2.05, 4.69) is 6.92 Å². The third-order valence-corrected chi connectivity index (χ3v) is 6.11.